The van der Waals surface area contributed by atoms with Crippen LogP contribution in [0.3, 0.4) is 0 Å². The Bertz CT molecular complexity index is 1190. The van der Waals surface area contributed by atoms with Crippen molar-refractivity contribution >= 4 is 46.7 Å². The highest BCUT2D eigenvalue weighted by Gasteiger charge is 2.46. The number of hydrogen-bond donors (Lipinski definition) is 0. The minimum atomic E-state index is -0.261. The van der Waals surface area contributed by atoms with Gasteiger partial charge >= 0.3 is 0 Å². The third-order valence-corrected chi connectivity index (χ3v) is 8.90. The Hall–Kier alpha value is -2.57. The molecule has 5 heterocycles. The molecule has 0 aromatic carbocycles. The molecule has 3 aliphatic rings. The fraction of sp³-hybridized carbons (Fsp3) is 0.542. The molecule has 2 saturated heterocycles. The Kier molecular flexibility index (Phi) is 5.64. The first-order valence-corrected chi connectivity index (χ1v) is 12.9. The van der Waals surface area contributed by atoms with Crippen LogP contribution in [0.5, 0.6) is 0 Å². The summed E-state index contributed by atoms with van der Waals surface area (Å²) >= 11 is 7.87. The molecule has 3 aliphatic heterocycles. The van der Waals surface area contributed by atoms with Crippen LogP contribution in [0, 0.1) is 11.3 Å². The Labute approximate surface area is 209 Å². The SMILES string of the molecule is CC1CN(c2ncnc3c2C(C)(C)CN3c2cc(C#N)c(Cl)cn2)CCN1C(=O)[C@]1(C)CCS1. The molecule has 0 aliphatic carbocycles. The molecule has 0 spiro atoms. The van der Waals surface area contributed by atoms with Crippen molar-refractivity contribution in [1.82, 2.24) is 19.9 Å². The molecule has 0 radical (unpaired) electrons. The van der Waals surface area contributed by atoms with Crippen LogP contribution in [0.1, 0.15) is 45.2 Å². The van der Waals surface area contributed by atoms with Gasteiger partial charge in [-0.1, -0.05) is 25.4 Å². The number of aromatic nitrogens is 3. The number of hydrogen-bond acceptors (Lipinski definition) is 8. The highest BCUT2D eigenvalue weighted by Crippen LogP contribution is 2.47. The van der Waals surface area contributed by atoms with Crippen LogP contribution in [0.2, 0.25) is 5.02 Å². The number of fused-ring (bicyclic) bond motifs is 1. The number of rotatable bonds is 3. The summed E-state index contributed by atoms with van der Waals surface area (Å²) in [5, 5.41) is 9.75. The summed E-state index contributed by atoms with van der Waals surface area (Å²) in [6, 6.07) is 3.94. The number of pyridine rings is 1. The quantitative estimate of drug-likeness (QED) is 0.633. The topological polar surface area (TPSA) is 89.2 Å². The standard InChI is InChI=1S/C24H28ClN7OS/c1-15-12-30(6-7-31(15)22(33)24(4)5-8-34-24)20-19-21(29-14-28-20)32(13-23(19,2)3)18-9-16(10-26)17(25)11-27-18/h9,11,14-15H,5-8,12-13H2,1-4H3/t15?,24-/m0/s1. The van der Waals surface area contributed by atoms with Gasteiger partial charge in [0.05, 0.1) is 15.3 Å². The van der Waals surface area contributed by atoms with E-state index in [1.165, 1.54) is 6.20 Å². The van der Waals surface area contributed by atoms with Gasteiger partial charge in [0.1, 0.15) is 29.9 Å². The van der Waals surface area contributed by atoms with Gasteiger partial charge in [-0.05, 0) is 26.0 Å². The number of thioether (sulfide) groups is 1. The lowest BCUT2D eigenvalue weighted by Gasteiger charge is -2.46. The zero-order valence-electron chi connectivity index (χ0n) is 19.9. The molecule has 2 fully saturated rings. The second-order valence-corrected chi connectivity index (χ2v) is 12.1. The number of nitrogens with zero attached hydrogens (tertiary/aromatic N) is 7. The normalized spacial score (nSPS) is 25.5. The molecule has 2 aromatic rings. The van der Waals surface area contributed by atoms with Crippen molar-refractivity contribution in [2.45, 2.75) is 50.3 Å². The monoisotopic (exact) mass is 497 g/mol. The van der Waals surface area contributed by atoms with E-state index in [1.807, 2.05) is 9.80 Å². The van der Waals surface area contributed by atoms with E-state index in [0.29, 0.717) is 29.5 Å². The molecular weight excluding hydrogens is 470 g/mol. The average Bonchev–Trinajstić information content (AvgIpc) is 3.08. The fourth-order valence-corrected chi connectivity index (χ4v) is 6.35. The molecule has 1 amide bonds. The maximum absolute atomic E-state index is 13.1. The summed E-state index contributed by atoms with van der Waals surface area (Å²) in [5.74, 6) is 3.69. The van der Waals surface area contributed by atoms with Crippen LogP contribution in [-0.2, 0) is 10.2 Å². The van der Waals surface area contributed by atoms with Crippen molar-refractivity contribution in [3.05, 3.63) is 34.7 Å². The van der Waals surface area contributed by atoms with Gasteiger partial charge in [-0.3, -0.25) is 4.79 Å². The maximum Gasteiger partial charge on any atom is 0.238 e. The maximum atomic E-state index is 13.1. The minimum Gasteiger partial charge on any atom is -0.352 e. The summed E-state index contributed by atoms with van der Waals surface area (Å²) in [5.41, 5.74) is 1.23. The molecule has 10 heteroatoms. The summed E-state index contributed by atoms with van der Waals surface area (Å²) in [7, 11) is 0. The Morgan fingerprint density at radius 3 is 2.62 bits per heavy atom. The van der Waals surface area contributed by atoms with Gasteiger partial charge in [0.2, 0.25) is 5.91 Å². The van der Waals surface area contributed by atoms with Crippen molar-refractivity contribution in [3.63, 3.8) is 0 Å². The predicted octanol–water partition coefficient (Wildman–Crippen LogP) is 3.76. The van der Waals surface area contributed by atoms with Gasteiger partial charge in [0, 0.05) is 55.5 Å². The first-order valence-electron chi connectivity index (χ1n) is 11.5. The van der Waals surface area contributed by atoms with Crippen molar-refractivity contribution in [2.75, 3.05) is 41.7 Å². The van der Waals surface area contributed by atoms with Crippen molar-refractivity contribution < 1.29 is 4.79 Å². The highest BCUT2D eigenvalue weighted by molar-refractivity contribution is 8.02. The second-order valence-electron chi connectivity index (χ2n) is 10.1. The van der Waals surface area contributed by atoms with Gasteiger partial charge in [-0.25, -0.2) is 15.0 Å². The van der Waals surface area contributed by atoms with Crippen LogP contribution in [0.25, 0.3) is 0 Å². The molecule has 8 nitrogen and oxygen atoms in total. The van der Waals surface area contributed by atoms with E-state index < -0.39 is 0 Å². The van der Waals surface area contributed by atoms with E-state index in [2.05, 4.69) is 48.6 Å². The Balaban J connectivity index is 1.44. The number of amides is 1. The van der Waals surface area contributed by atoms with Gasteiger partial charge in [0.25, 0.3) is 0 Å². The molecule has 2 aromatic heterocycles. The fourth-order valence-electron chi connectivity index (χ4n) is 5.15. The van der Waals surface area contributed by atoms with Crippen LogP contribution in [0.15, 0.2) is 18.6 Å². The zero-order valence-corrected chi connectivity index (χ0v) is 21.4. The van der Waals surface area contributed by atoms with Gasteiger partial charge in [0.15, 0.2) is 0 Å². The van der Waals surface area contributed by atoms with E-state index in [0.717, 1.165) is 42.5 Å². The van der Waals surface area contributed by atoms with Gasteiger partial charge in [-0.15, -0.1) is 11.8 Å². The average molecular weight is 498 g/mol. The first kappa shape index (κ1) is 23.2. The van der Waals surface area contributed by atoms with Gasteiger partial charge < -0.3 is 14.7 Å². The lowest BCUT2D eigenvalue weighted by Crippen LogP contribution is -2.60. The number of carbonyl (C=O) groups is 1. The third kappa shape index (κ3) is 3.68. The molecule has 178 valence electrons. The summed E-state index contributed by atoms with van der Waals surface area (Å²) < 4.78 is -0.261. The third-order valence-electron chi connectivity index (χ3n) is 7.17. The highest BCUT2D eigenvalue weighted by atomic mass is 35.5. The van der Waals surface area contributed by atoms with Crippen LogP contribution >= 0.6 is 23.4 Å². The number of nitriles is 1. The number of piperazine rings is 1. The van der Waals surface area contributed by atoms with Crippen LogP contribution < -0.4 is 9.80 Å². The molecule has 5 rings (SSSR count). The predicted molar refractivity (Wildman–Crippen MR) is 135 cm³/mol. The summed E-state index contributed by atoms with van der Waals surface area (Å²) in [6.07, 6.45) is 4.07. The Morgan fingerprint density at radius 1 is 1.24 bits per heavy atom. The van der Waals surface area contributed by atoms with Crippen LogP contribution in [-0.4, -0.2) is 68.5 Å². The molecule has 0 saturated carbocycles. The van der Waals surface area contributed by atoms with E-state index in [9.17, 15) is 10.1 Å². The van der Waals surface area contributed by atoms with Gasteiger partial charge in [-0.2, -0.15) is 5.26 Å². The number of halogens is 1. The molecule has 0 bridgehead atoms. The van der Waals surface area contributed by atoms with E-state index in [-0.39, 0.29) is 22.1 Å². The Morgan fingerprint density at radius 2 is 1.97 bits per heavy atom. The zero-order chi connectivity index (χ0) is 24.3. The van der Waals surface area contributed by atoms with Crippen molar-refractivity contribution in [1.29, 1.82) is 5.26 Å². The molecule has 1 unspecified atom stereocenters. The largest absolute Gasteiger partial charge is 0.352 e. The second kappa shape index (κ2) is 8.28. The van der Waals surface area contributed by atoms with E-state index in [4.69, 9.17) is 16.6 Å². The molecule has 0 N–H and O–H groups in total. The molecule has 34 heavy (non-hydrogen) atoms. The minimum absolute atomic E-state index is 0.0987. The van der Waals surface area contributed by atoms with Crippen LogP contribution in [0.4, 0.5) is 17.5 Å². The lowest BCUT2D eigenvalue weighted by molar-refractivity contribution is -0.136. The van der Waals surface area contributed by atoms with Crippen molar-refractivity contribution in [3.8, 4) is 6.07 Å². The van der Waals surface area contributed by atoms with Crippen molar-refractivity contribution in [2.24, 2.45) is 0 Å². The summed E-state index contributed by atoms with van der Waals surface area (Å²) in [4.78, 5) is 33.3. The molecular formula is C24H28ClN7OS. The lowest BCUT2D eigenvalue weighted by atomic mass is 9.87. The molecule has 2 atom stereocenters. The number of carbonyl (C=O) groups excluding carboxylic acids is 1. The van der Waals surface area contributed by atoms with E-state index >= 15 is 0 Å². The first-order chi connectivity index (χ1) is 16.1. The smallest absolute Gasteiger partial charge is 0.238 e. The van der Waals surface area contributed by atoms with E-state index in [1.54, 1.807) is 24.2 Å². The number of anilines is 3. The summed E-state index contributed by atoms with van der Waals surface area (Å²) in [6.45, 7) is 11.4.